The normalized spacial score (nSPS) is 11.1. The van der Waals surface area contributed by atoms with Crippen LogP contribution < -0.4 is 19.2 Å². The van der Waals surface area contributed by atoms with Crippen LogP contribution >= 0.6 is 0 Å². The molecule has 182 valence electrons. The number of hydrazone groups is 1. The highest BCUT2D eigenvalue weighted by molar-refractivity contribution is 7.92. The maximum absolute atomic E-state index is 13.5. The predicted molar refractivity (Wildman–Crippen MR) is 136 cm³/mol. The first kappa shape index (κ1) is 25.5. The molecule has 3 rings (SSSR count). The molecule has 0 atom stereocenters. The van der Waals surface area contributed by atoms with Crippen LogP contribution in [-0.4, -0.2) is 40.3 Å². The molecule has 35 heavy (non-hydrogen) atoms. The average Bonchev–Trinajstić information content (AvgIpc) is 2.87. The van der Waals surface area contributed by atoms with Crippen molar-refractivity contribution >= 4 is 27.8 Å². The average molecular weight is 494 g/mol. The van der Waals surface area contributed by atoms with Crippen LogP contribution in [0.25, 0.3) is 0 Å². The molecular weight excluding hydrogens is 466 g/mol. The summed E-state index contributed by atoms with van der Waals surface area (Å²) in [5, 5.41) is 3.97. The molecule has 0 spiro atoms. The Balaban J connectivity index is 1.82. The summed E-state index contributed by atoms with van der Waals surface area (Å²) in [5.74, 6) is 0.362. The molecule has 9 heteroatoms. The van der Waals surface area contributed by atoms with Gasteiger partial charge in [-0.25, -0.2) is 13.8 Å². The van der Waals surface area contributed by atoms with Crippen LogP contribution in [0.2, 0.25) is 0 Å². The molecule has 0 unspecified atom stereocenters. The summed E-state index contributed by atoms with van der Waals surface area (Å²) in [6.45, 7) is 5.61. The topological polar surface area (TPSA) is 97.3 Å². The highest BCUT2D eigenvalue weighted by atomic mass is 32.2. The van der Waals surface area contributed by atoms with Gasteiger partial charge in [0.15, 0.2) is 0 Å². The number of nitrogens with one attached hydrogen (secondary N) is 1. The molecule has 0 aliphatic heterocycles. The smallest absolute Gasteiger partial charge is 0.264 e. The van der Waals surface area contributed by atoms with E-state index in [0.717, 1.165) is 4.31 Å². The Kier molecular flexibility index (Phi) is 9.02. The van der Waals surface area contributed by atoms with Crippen molar-refractivity contribution in [3.63, 3.8) is 0 Å². The number of rotatable bonds is 12. The summed E-state index contributed by atoms with van der Waals surface area (Å²) in [7, 11) is -4.07. The van der Waals surface area contributed by atoms with Gasteiger partial charge in [0.25, 0.3) is 15.9 Å². The fourth-order valence-electron chi connectivity index (χ4n) is 3.14. The van der Waals surface area contributed by atoms with Gasteiger partial charge in [-0.1, -0.05) is 55.1 Å². The molecule has 8 nitrogen and oxygen atoms in total. The van der Waals surface area contributed by atoms with Crippen molar-refractivity contribution < 1.29 is 22.7 Å². The van der Waals surface area contributed by atoms with Gasteiger partial charge >= 0.3 is 0 Å². The van der Waals surface area contributed by atoms with Crippen LogP contribution in [0.3, 0.4) is 0 Å². The molecule has 1 N–H and O–H groups in total. The van der Waals surface area contributed by atoms with Crippen molar-refractivity contribution in [3.8, 4) is 11.5 Å². The zero-order valence-corrected chi connectivity index (χ0v) is 20.1. The Labute approximate surface area is 205 Å². The summed E-state index contributed by atoms with van der Waals surface area (Å²) >= 11 is 0. The number of hydrogen-bond donors (Lipinski definition) is 1. The van der Waals surface area contributed by atoms with Gasteiger partial charge in [0.1, 0.15) is 24.7 Å². The standard InChI is InChI=1S/C26H27N3O5S/c1-3-17-34-22-12-10-11-21(18-22)19-27-28-26(30)20-29(24-15-8-9-16-25(24)33-4-2)35(31,32)23-13-6-5-7-14-23/h3,5-16,18-19H,1,4,17,20H2,2H3,(H,28,30)/b27-19+. The largest absolute Gasteiger partial charge is 0.492 e. The van der Waals surface area contributed by atoms with Crippen LogP contribution in [-0.2, 0) is 14.8 Å². The molecule has 0 heterocycles. The molecule has 0 saturated carbocycles. The van der Waals surface area contributed by atoms with Crippen molar-refractivity contribution in [2.45, 2.75) is 11.8 Å². The molecule has 3 aromatic carbocycles. The van der Waals surface area contributed by atoms with Crippen LogP contribution in [0.4, 0.5) is 5.69 Å². The first-order valence-electron chi connectivity index (χ1n) is 10.9. The van der Waals surface area contributed by atoms with Crippen molar-refractivity contribution in [2.75, 3.05) is 24.1 Å². The molecule has 1 amide bonds. The molecule has 3 aromatic rings. The highest BCUT2D eigenvalue weighted by Crippen LogP contribution is 2.32. The lowest BCUT2D eigenvalue weighted by molar-refractivity contribution is -0.119. The number of hydrogen-bond acceptors (Lipinski definition) is 6. The molecule has 0 saturated heterocycles. The molecule has 0 aliphatic carbocycles. The number of para-hydroxylation sites is 2. The molecule has 0 radical (unpaired) electrons. The Bertz CT molecular complexity index is 1280. The molecular formula is C26H27N3O5S. The van der Waals surface area contributed by atoms with Gasteiger partial charge in [0.2, 0.25) is 0 Å². The van der Waals surface area contributed by atoms with E-state index in [-0.39, 0.29) is 10.6 Å². The third kappa shape index (κ3) is 6.94. The fraction of sp³-hybridized carbons (Fsp3) is 0.154. The lowest BCUT2D eigenvalue weighted by Crippen LogP contribution is -2.39. The lowest BCUT2D eigenvalue weighted by atomic mass is 10.2. The molecule has 0 bridgehead atoms. The van der Waals surface area contributed by atoms with Gasteiger partial charge < -0.3 is 9.47 Å². The minimum Gasteiger partial charge on any atom is -0.492 e. The van der Waals surface area contributed by atoms with Gasteiger partial charge in [-0.3, -0.25) is 9.10 Å². The summed E-state index contributed by atoms with van der Waals surface area (Å²) in [5.41, 5.74) is 3.35. The quantitative estimate of drug-likeness (QED) is 0.234. The van der Waals surface area contributed by atoms with Crippen LogP contribution in [0, 0.1) is 0 Å². The second kappa shape index (κ2) is 12.4. The van der Waals surface area contributed by atoms with E-state index in [2.05, 4.69) is 17.1 Å². The number of anilines is 1. The zero-order valence-electron chi connectivity index (χ0n) is 19.3. The van der Waals surface area contributed by atoms with Gasteiger partial charge in [0, 0.05) is 0 Å². The monoisotopic (exact) mass is 493 g/mol. The van der Waals surface area contributed by atoms with E-state index < -0.39 is 22.5 Å². The summed E-state index contributed by atoms with van der Waals surface area (Å²) in [6.07, 6.45) is 3.09. The van der Waals surface area contributed by atoms with Gasteiger partial charge in [-0.05, 0) is 48.9 Å². The number of amides is 1. The van der Waals surface area contributed by atoms with Crippen molar-refractivity contribution in [1.29, 1.82) is 0 Å². The Morgan fingerprint density at radius 3 is 2.51 bits per heavy atom. The third-order valence-electron chi connectivity index (χ3n) is 4.68. The van der Waals surface area contributed by atoms with E-state index >= 15 is 0 Å². The number of carbonyl (C=O) groups is 1. The molecule has 0 aromatic heterocycles. The Morgan fingerprint density at radius 1 is 1.03 bits per heavy atom. The first-order chi connectivity index (χ1) is 17.0. The van der Waals surface area contributed by atoms with E-state index in [0.29, 0.717) is 30.3 Å². The van der Waals surface area contributed by atoms with Crippen LogP contribution in [0.5, 0.6) is 11.5 Å². The fourth-order valence-corrected chi connectivity index (χ4v) is 4.60. The van der Waals surface area contributed by atoms with E-state index in [1.165, 1.54) is 18.3 Å². The number of nitrogens with zero attached hydrogens (tertiary/aromatic N) is 2. The van der Waals surface area contributed by atoms with Crippen LogP contribution in [0.1, 0.15) is 12.5 Å². The minimum absolute atomic E-state index is 0.0546. The number of ether oxygens (including phenoxy) is 2. The molecule has 0 aliphatic rings. The van der Waals surface area contributed by atoms with E-state index in [9.17, 15) is 13.2 Å². The SMILES string of the molecule is C=CCOc1cccc(/C=N/NC(=O)CN(c2ccccc2OCC)S(=O)(=O)c2ccccc2)c1. The summed E-state index contributed by atoms with van der Waals surface area (Å²) in [6, 6.07) is 21.7. The Morgan fingerprint density at radius 2 is 1.77 bits per heavy atom. The van der Waals surface area contributed by atoms with Gasteiger partial charge in [-0.15, -0.1) is 0 Å². The van der Waals surface area contributed by atoms with Crippen molar-refractivity contribution in [2.24, 2.45) is 5.10 Å². The summed E-state index contributed by atoms with van der Waals surface area (Å²) in [4.78, 5) is 12.8. The van der Waals surface area contributed by atoms with Gasteiger partial charge in [0.05, 0.1) is 23.4 Å². The van der Waals surface area contributed by atoms with E-state index in [1.807, 2.05) is 0 Å². The predicted octanol–water partition coefficient (Wildman–Crippen LogP) is 4.00. The zero-order chi connectivity index (χ0) is 25.1. The second-order valence-corrected chi connectivity index (χ2v) is 9.05. The maximum atomic E-state index is 13.5. The van der Waals surface area contributed by atoms with Crippen molar-refractivity contribution in [3.05, 3.63) is 97.1 Å². The highest BCUT2D eigenvalue weighted by Gasteiger charge is 2.29. The van der Waals surface area contributed by atoms with E-state index in [4.69, 9.17) is 9.47 Å². The number of carbonyl (C=O) groups excluding carboxylic acids is 1. The summed E-state index contributed by atoms with van der Waals surface area (Å²) < 4.78 is 39.1. The maximum Gasteiger partial charge on any atom is 0.264 e. The third-order valence-corrected chi connectivity index (χ3v) is 6.45. The lowest BCUT2D eigenvalue weighted by Gasteiger charge is -2.25. The number of sulfonamides is 1. The van der Waals surface area contributed by atoms with Crippen molar-refractivity contribution in [1.82, 2.24) is 5.43 Å². The Hall–Kier alpha value is -4.11. The van der Waals surface area contributed by atoms with Crippen LogP contribution in [0.15, 0.2) is 102 Å². The second-order valence-electron chi connectivity index (χ2n) is 7.19. The molecule has 0 fully saturated rings. The first-order valence-corrected chi connectivity index (χ1v) is 12.3. The van der Waals surface area contributed by atoms with E-state index in [1.54, 1.807) is 79.7 Å². The minimum atomic E-state index is -4.07. The van der Waals surface area contributed by atoms with Gasteiger partial charge in [-0.2, -0.15) is 5.10 Å². The number of benzene rings is 3.